The van der Waals surface area contributed by atoms with Crippen LogP contribution < -0.4 is 0 Å². The average molecular weight is 162 g/mol. The quantitative estimate of drug-likeness (QED) is 0.621. The van der Waals surface area contributed by atoms with Gasteiger partial charge in [0.15, 0.2) is 0 Å². The molecule has 1 aromatic carbocycles. The Morgan fingerprint density at radius 1 is 1.17 bits per heavy atom. The first-order valence-corrected chi connectivity index (χ1v) is 4.56. The zero-order valence-electron chi connectivity index (χ0n) is 7.33. The maximum absolute atomic E-state index is 9.68. The number of rotatable bonds is 0. The minimum atomic E-state index is -0.225. The Morgan fingerprint density at radius 3 is 2.50 bits per heavy atom. The molecule has 0 bridgehead atoms. The second kappa shape index (κ2) is 2.91. The van der Waals surface area contributed by atoms with E-state index in [0.29, 0.717) is 5.92 Å². The molecular formula is C11H14O. The van der Waals surface area contributed by atoms with Crippen LogP contribution in [0.15, 0.2) is 24.3 Å². The van der Waals surface area contributed by atoms with Gasteiger partial charge < -0.3 is 5.11 Å². The third kappa shape index (κ3) is 1.14. The van der Waals surface area contributed by atoms with Crippen molar-refractivity contribution in [1.82, 2.24) is 0 Å². The van der Waals surface area contributed by atoms with Crippen LogP contribution in [0.3, 0.4) is 0 Å². The van der Waals surface area contributed by atoms with Gasteiger partial charge in [-0.05, 0) is 29.9 Å². The summed E-state index contributed by atoms with van der Waals surface area (Å²) in [6.07, 6.45) is 1.80. The lowest BCUT2D eigenvalue weighted by Crippen LogP contribution is -2.11. The van der Waals surface area contributed by atoms with Gasteiger partial charge >= 0.3 is 0 Å². The summed E-state index contributed by atoms with van der Waals surface area (Å²) in [6.45, 7) is 2.23. The molecule has 0 amide bonds. The molecular weight excluding hydrogens is 148 g/mol. The molecule has 1 aliphatic carbocycles. The summed E-state index contributed by atoms with van der Waals surface area (Å²) >= 11 is 0. The van der Waals surface area contributed by atoms with Crippen LogP contribution in [-0.2, 0) is 0 Å². The Morgan fingerprint density at radius 2 is 1.83 bits per heavy atom. The average Bonchev–Trinajstić information content (AvgIpc) is 2.12. The topological polar surface area (TPSA) is 20.2 Å². The van der Waals surface area contributed by atoms with Gasteiger partial charge in [0.25, 0.3) is 0 Å². The first kappa shape index (κ1) is 7.81. The molecule has 64 valence electrons. The van der Waals surface area contributed by atoms with Gasteiger partial charge in [-0.3, -0.25) is 0 Å². The fourth-order valence-corrected chi connectivity index (χ4v) is 1.98. The third-order valence-corrected chi connectivity index (χ3v) is 2.76. The minimum absolute atomic E-state index is 0.225. The van der Waals surface area contributed by atoms with Crippen molar-refractivity contribution in [2.45, 2.75) is 31.8 Å². The van der Waals surface area contributed by atoms with E-state index in [2.05, 4.69) is 13.0 Å². The third-order valence-electron chi connectivity index (χ3n) is 2.76. The van der Waals surface area contributed by atoms with Crippen LogP contribution in [0.2, 0.25) is 0 Å². The zero-order valence-corrected chi connectivity index (χ0v) is 7.33. The fourth-order valence-electron chi connectivity index (χ4n) is 1.98. The van der Waals surface area contributed by atoms with E-state index in [-0.39, 0.29) is 6.10 Å². The highest BCUT2D eigenvalue weighted by atomic mass is 16.3. The van der Waals surface area contributed by atoms with Crippen LogP contribution in [0.1, 0.15) is 42.9 Å². The molecule has 0 radical (unpaired) electrons. The molecule has 1 N–H and O–H groups in total. The summed E-state index contributed by atoms with van der Waals surface area (Å²) in [5.74, 6) is 0.615. The minimum Gasteiger partial charge on any atom is -0.388 e. The van der Waals surface area contributed by atoms with E-state index >= 15 is 0 Å². The molecule has 0 aliphatic heterocycles. The number of fused-ring (bicyclic) bond motifs is 1. The van der Waals surface area contributed by atoms with E-state index in [4.69, 9.17) is 0 Å². The van der Waals surface area contributed by atoms with Crippen molar-refractivity contribution in [2.24, 2.45) is 0 Å². The Kier molecular flexibility index (Phi) is 1.89. The van der Waals surface area contributed by atoms with Crippen molar-refractivity contribution in [2.75, 3.05) is 0 Å². The molecule has 0 spiro atoms. The smallest absolute Gasteiger partial charge is 0.0793 e. The Hall–Kier alpha value is -0.820. The Bertz CT molecular complexity index is 251. The number of aliphatic hydroxyl groups excluding tert-OH is 1. The number of aliphatic hydroxyl groups is 1. The van der Waals surface area contributed by atoms with E-state index in [1.807, 2.05) is 18.2 Å². The molecule has 2 rings (SSSR count). The lowest BCUT2D eigenvalue weighted by atomic mass is 9.82. The maximum Gasteiger partial charge on any atom is 0.0793 e. The molecule has 0 heterocycles. The van der Waals surface area contributed by atoms with Crippen LogP contribution >= 0.6 is 0 Å². The van der Waals surface area contributed by atoms with Crippen molar-refractivity contribution < 1.29 is 5.11 Å². The molecule has 0 saturated heterocycles. The predicted molar refractivity (Wildman–Crippen MR) is 49.1 cm³/mol. The van der Waals surface area contributed by atoms with Crippen molar-refractivity contribution in [3.8, 4) is 0 Å². The van der Waals surface area contributed by atoms with Crippen LogP contribution in [0.5, 0.6) is 0 Å². The molecule has 1 heteroatoms. The van der Waals surface area contributed by atoms with E-state index in [0.717, 1.165) is 18.4 Å². The van der Waals surface area contributed by atoms with E-state index in [9.17, 15) is 5.11 Å². The Labute approximate surface area is 73.0 Å². The fraction of sp³-hybridized carbons (Fsp3) is 0.455. The molecule has 2 atom stereocenters. The first-order chi connectivity index (χ1) is 5.79. The largest absolute Gasteiger partial charge is 0.388 e. The molecule has 0 unspecified atom stereocenters. The summed E-state index contributed by atoms with van der Waals surface area (Å²) in [6, 6.07) is 8.21. The van der Waals surface area contributed by atoms with E-state index in [1.54, 1.807) is 0 Å². The van der Waals surface area contributed by atoms with Gasteiger partial charge in [-0.15, -0.1) is 0 Å². The summed E-state index contributed by atoms with van der Waals surface area (Å²) in [5.41, 5.74) is 2.47. The summed E-state index contributed by atoms with van der Waals surface area (Å²) in [4.78, 5) is 0. The number of hydrogen-bond acceptors (Lipinski definition) is 1. The van der Waals surface area contributed by atoms with E-state index in [1.165, 1.54) is 5.56 Å². The van der Waals surface area contributed by atoms with Crippen molar-refractivity contribution in [3.63, 3.8) is 0 Å². The standard InChI is InChI=1S/C11H14O/c1-8-6-7-11(12)10-5-3-2-4-9(8)10/h2-5,8,11-12H,6-7H2,1H3/t8-,11-/m0/s1. The predicted octanol–water partition coefficient (Wildman–Crippen LogP) is 2.62. The van der Waals surface area contributed by atoms with E-state index < -0.39 is 0 Å². The number of benzene rings is 1. The summed E-state index contributed by atoms with van der Waals surface area (Å²) in [5, 5.41) is 9.68. The first-order valence-electron chi connectivity index (χ1n) is 4.56. The lowest BCUT2D eigenvalue weighted by molar-refractivity contribution is 0.151. The maximum atomic E-state index is 9.68. The highest BCUT2D eigenvalue weighted by molar-refractivity contribution is 5.33. The summed E-state index contributed by atoms with van der Waals surface area (Å²) < 4.78 is 0. The van der Waals surface area contributed by atoms with Crippen LogP contribution in [0.4, 0.5) is 0 Å². The summed E-state index contributed by atoms with van der Waals surface area (Å²) in [7, 11) is 0. The highest BCUT2D eigenvalue weighted by Crippen LogP contribution is 2.36. The zero-order chi connectivity index (χ0) is 8.55. The molecule has 0 aromatic heterocycles. The van der Waals surface area contributed by atoms with Gasteiger partial charge in [0.05, 0.1) is 6.10 Å². The molecule has 0 fully saturated rings. The van der Waals surface area contributed by atoms with Crippen molar-refractivity contribution in [1.29, 1.82) is 0 Å². The normalized spacial score (nSPS) is 28.2. The Balaban J connectivity index is 2.47. The SMILES string of the molecule is C[C@H]1CC[C@H](O)c2ccccc21. The van der Waals surface area contributed by atoms with Gasteiger partial charge in [-0.25, -0.2) is 0 Å². The molecule has 12 heavy (non-hydrogen) atoms. The molecule has 1 aromatic rings. The lowest BCUT2D eigenvalue weighted by Gasteiger charge is -2.26. The monoisotopic (exact) mass is 162 g/mol. The van der Waals surface area contributed by atoms with Crippen LogP contribution in [-0.4, -0.2) is 5.11 Å². The van der Waals surface area contributed by atoms with Crippen LogP contribution in [0, 0.1) is 0 Å². The van der Waals surface area contributed by atoms with Crippen LogP contribution in [0.25, 0.3) is 0 Å². The van der Waals surface area contributed by atoms with Gasteiger partial charge in [-0.2, -0.15) is 0 Å². The van der Waals surface area contributed by atoms with Crippen molar-refractivity contribution in [3.05, 3.63) is 35.4 Å². The molecule has 1 nitrogen and oxygen atoms in total. The van der Waals surface area contributed by atoms with Gasteiger partial charge in [0, 0.05) is 0 Å². The second-order valence-electron chi connectivity index (χ2n) is 3.62. The molecule has 0 saturated carbocycles. The highest BCUT2D eigenvalue weighted by Gasteiger charge is 2.21. The molecule has 1 aliphatic rings. The van der Waals surface area contributed by atoms with Gasteiger partial charge in [0.2, 0.25) is 0 Å². The van der Waals surface area contributed by atoms with Gasteiger partial charge in [-0.1, -0.05) is 31.2 Å². The van der Waals surface area contributed by atoms with Crippen molar-refractivity contribution >= 4 is 0 Å². The number of hydrogen-bond donors (Lipinski definition) is 1. The second-order valence-corrected chi connectivity index (χ2v) is 3.62. The van der Waals surface area contributed by atoms with Gasteiger partial charge in [0.1, 0.15) is 0 Å².